The Kier molecular flexibility index (Phi) is 6.14. The van der Waals surface area contributed by atoms with E-state index in [-0.39, 0.29) is 11.8 Å². The maximum absolute atomic E-state index is 13.1. The monoisotopic (exact) mass is 371 g/mol. The van der Waals surface area contributed by atoms with Crippen LogP contribution in [0.15, 0.2) is 18.2 Å². The predicted octanol–water partition coefficient (Wildman–Crippen LogP) is 2.63. The first-order valence-electron chi connectivity index (χ1n) is 9.90. The lowest BCUT2D eigenvalue weighted by Crippen LogP contribution is -2.57. The lowest BCUT2D eigenvalue weighted by atomic mass is 9.96. The second-order valence-electron chi connectivity index (χ2n) is 7.76. The molecule has 0 saturated carbocycles. The number of hydrogen-bond acceptors (Lipinski definition) is 3. The molecular weight excluding hydrogens is 342 g/mol. The van der Waals surface area contributed by atoms with E-state index in [4.69, 9.17) is 0 Å². The van der Waals surface area contributed by atoms with E-state index in [1.54, 1.807) is 9.80 Å². The normalized spacial score (nSPS) is 23.0. The van der Waals surface area contributed by atoms with Crippen LogP contribution in [-0.4, -0.2) is 53.2 Å². The highest BCUT2D eigenvalue weighted by Gasteiger charge is 2.38. The largest absolute Gasteiger partial charge is 0.333 e. The minimum Gasteiger partial charge on any atom is -0.333 e. The predicted molar refractivity (Wildman–Crippen MR) is 104 cm³/mol. The number of nitrogens with one attached hydrogen (secondary N) is 1. The number of likely N-dealkylation sites (tertiary alicyclic amines) is 2. The summed E-state index contributed by atoms with van der Waals surface area (Å²) in [6.07, 6.45) is 5.81. The van der Waals surface area contributed by atoms with E-state index in [2.05, 4.69) is 11.4 Å². The van der Waals surface area contributed by atoms with Gasteiger partial charge in [-0.1, -0.05) is 6.07 Å². The molecular formula is C21H29N3O3. The number of rotatable bonds is 4. The SMILES string of the molecule is Cc1cc(C)cc(NC(=O)[C@@H]2CCCCN2C(=O)[C@@H]2CCCCN2C=O)c1. The molecule has 2 heterocycles. The van der Waals surface area contributed by atoms with Gasteiger partial charge in [0.2, 0.25) is 18.2 Å². The molecule has 0 unspecified atom stereocenters. The Morgan fingerprint density at radius 3 is 2.26 bits per heavy atom. The van der Waals surface area contributed by atoms with Crippen LogP contribution in [-0.2, 0) is 14.4 Å². The van der Waals surface area contributed by atoms with Crippen LogP contribution in [0.25, 0.3) is 0 Å². The van der Waals surface area contributed by atoms with E-state index in [0.29, 0.717) is 25.9 Å². The van der Waals surface area contributed by atoms with Crippen molar-refractivity contribution in [1.29, 1.82) is 0 Å². The molecule has 2 fully saturated rings. The molecule has 6 heteroatoms. The molecule has 1 N–H and O–H groups in total. The first kappa shape index (κ1) is 19.4. The van der Waals surface area contributed by atoms with Crippen LogP contribution in [0.3, 0.4) is 0 Å². The van der Waals surface area contributed by atoms with Crippen LogP contribution in [0.4, 0.5) is 5.69 Å². The number of nitrogens with zero attached hydrogens (tertiary/aromatic N) is 2. The molecule has 2 saturated heterocycles. The van der Waals surface area contributed by atoms with Crippen molar-refractivity contribution >= 4 is 23.9 Å². The molecule has 0 aliphatic carbocycles. The van der Waals surface area contributed by atoms with Gasteiger partial charge in [-0.15, -0.1) is 0 Å². The third-order valence-electron chi connectivity index (χ3n) is 5.54. The van der Waals surface area contributed by atoms with E-state index < -0.39 is 12.1 Å². The van der Waals surface area contributed by atoms with Gasteiger partial charge in [0.25, 0.3) is 0 Å². The fourth-order valence-corrected chi connectivity index (χ4v) is 4.28. The van der Waals surface area contributed by atoms with Gasteiger partial charge in [-0.3, -0.25) is 14.4 Å². The van der Waals surface area contributed by atoms with Crippen molar-refractivity contribution in [1.82, 2.24) is 9.80 Å². The van der Waals surface area contributed by atoms with Gasteiger partial charge in [0, 0.05) is 18.8 Å². The van der Waals surface area contributed by atoms with E-state index in [9.17, 15) is 14.4 Å². The Morgan fingerprint density at radius 1 is 0.963 bits per heavy atom. The van der Waals surface area contributed by atoms with Gasteiger partial charge >= 0.3 is 0 Å². The second kappa shape index (κ2) is 8.55. The Bertz CT molecular complexity index is 698. The first-order chi connectivity index (χ1) is 13.0. The van der Waals surface area contributed by atoms with Crippen molar-refractivity contribution in [3.8, 4) is 0 Å². The van der Waals surface area contributed by atoms with Gasteiger partial charge in [-0.2, -0.15) is 0 Å². The number of benzene rings is 1. The van der Waals surface area contributed by atoms with Gasteiger partial charge in [0.15, 0.2) is 0 Å². The van der Waals surface area contributed by atoms with E-state index in [1.165, 1.54) is 0 Å². The zero-order chi connectivity index (χ0) is 19.4. The van der Waals surface area contributed by atoms with Gasteiger partial charge in [-0.25, -0.2) is 0 Å². The van der Waals surface area contributed by atoms with E-state index in [0.717, 1.165) is 48.9 Å². The summed E-state index contributed by atoms with van der Waals surface area (Å²) in [7, 11) is 0. The number of carbonyl (C=O) groups excluding carboxylic acids is 3. The molecule has 0 aromatic heterocycles. The maximum atomic E-state index is 13.1. The summed E-state index contributed by atoms with van der Waals surface area (Å²) < 4.78 is 0. The van der Waals surface area contributed by atoms with Crippen molar-refractivity contribution in [3.63, 3.8) is 0 Å². The summed E-state index contributed by atoms with van der Waals surface area (Å²) in [5, 5.41) is 2.99. The molecule has 3 rings (SSSR count). The number of hydrogen-bond donors (Lipinski definition) is 1. The van der Waals surface area contributed by atoms with E-state index in [1.807, 2.05) is 26.0 Å². The fraction of sp³-hybridized carbons (Fsp3) is 0.571. The summed E-state index contributed by atoms with van der Waals surface area (Å²) in [4.78, 5) is 40.7. The van der Waals surface area contributed by atoms with Gasteiger partial charge in [0.05, 0.1) is 0 Å². The number of carbonyl (C=O) groups is 3. The Balaban J connectivity index is 1.75. The number of piperidine rings is 2. The molecule has 0 radical (unpaired) electrons. The van der Waals surface area contributed by atoms with Gasteiger partial charge in [0.1, 0.15) is 12.1 Å². The fourth-order valence-electron chi connectivity index (χ4n) is 4.28. The summed E-state index contributed by atoms with van der Waals surface area (Å²) in [6, 6.07) is 5.04. The molecule has 1 aromatic rings. The summed E-state index contributed by atoms with van der Waals surface area (Å²) >= 11 is 0. The van der Waals surface area contributed by atoms with Crippen molar-refractivity contribution in [2.24, 2.45) is 0 Å². The summed E-state index contributed by atoms with van der Waals surface area (Å²) in [6.45, 7) is 5.19. The molecule has 2 aliphatic heterocycles. The maximum Gasteiger partial charge on any atom is 0.247 e. The Morgan fingerprint density at radius 2 is 1.59 bits per heavy atom. The quantitative estimate of drug-likeness (QED) is 0.827. The first-order valence-corrected chi connectivity index (χ1v) is 9.90. The third kappa shape index (κ3) is 4.49. The van der Waals surface area contributed by atoms with Crippen LogP contribution in [0, 0.1) is 13.8 Å². The average Bonchev–Trinajstić information content (AvgIpc) is 2.66. The van der Waals surface area contributed by atoms with Crippen molar-refractivity contribution in [2.75, 3.05) is 18.4 Å². The van der Waals surface area contributed by atoms with Crippen molar-refractivity contribution < 1.29 is 14.4 Å². The number of aryl methyl sites for hydroxylation is 2. The smallest absolute Gasteiger partial charge is 0.247 e. The average molecular weight is 371 g/mol. The molecule has 2 aliphatic rings. The van der Waals surface area contributed by atoms with Gasteiger partial charge < -0.3 is 15.1 Å². The Labute approximate surface area is 160 Å². The topological polar surface area (TPSA) is 69.7 Å². The standard InChI is InChI=1S/C21H29N3O3/c1-15-11-16(2)13-17(12-15)22-20(26)18-7-4-6-10-24(18)21(27)19-8-3-5-9-23(19)14-25/h11-14,18-19H,3-10H2,1-2H3,(H,22,26)/t18-,19-/m0/s1. The van der Waals surface area contributed by atoms with Crippen molar-refractivity contribution in [2.45, 2.75) is 64.5 Å². The van der Waals surface area contributed by atoms with Crippen molar-refractivity contribution in [3.05, 3.63) is 29.3 Å². The van der Waals surface area contributed by atoms with Crippen LogP contribution in [0.1, 0.15) is 49.7 Å². The van der Waals surface area contributed by atoms with Crippen LogP contribution in [0.5, 0.6) is 0 Å². The van der Waals surface area contributed by atoms with Crippen LogP contribution < -0.4 is 5.32 Å². The molecule has 3 amide bonds. The summed E-state index contributed by atoms with van der Waals surface area (Å²) in [5.41, 5.74) is 2.94. The highest BCUT2D eigenvalue weighted by atomic mass is 16.2. The Hall–Kier alpha value is -2.37. The lowest BCUT2D eigenvalue weighted by Gasteiger charge is -2.40. The highest BCUT2D eigenvalue weighted by molar-refractivity contribution is 5.98. The second-order valence-corrected chi connectivity index (χ2v) is 7.76. The zero-order valence-electron chi connectivity index (χ0n) is 16.2. The number of amides is 3. The van der Waals surface area contributed by atoms with E-state index >= 15 is 0 Å². The molecule has 27 heavy (non-hydrogen) atoms. The summed E-state index contributed by atoms with van der Waals surface area (Å²) in [5.74, 6) is -0.219. The minimum absolute atomic E-state index is 0.0814. The molecule has 0 spiro atoms. The van der Waals surface area contributed by atoms with Crippen LogP contribution in [0.2, 0.25) is 0 Å². The molecule has 0 bridgehead atoms. The molecule has 2 atom stereocenters. The molecule has 1 aromatic carbocycles. The number of anilines is 1. The molecule has 6 nitrogen and oxygen atoms in total. The van der Waals surface area contributed by atoms with Crippen LogP contribution >= 0.6 is 0 Å². The van der Waals surface area contributed by atoms with Gasteiger partial charge in [-0.05, 0) is 75.6 Å². The minimum atomic E-state index is -0.470. The highest BCUT2D eigenvalue weighted by Crippen LogP contribution is 2.24. The lowest BCUT2D eigenvalue weighted by molar-refractivity contribution is -0.148. The third-order valence-corrected chi connectivity index (χ3v) is 5.54. The molecule has 146 valence electrons. The zero-order valence-corrected chi connectivity index (χ0v) is 16.2.